The monoisotopic (exact) mass is 342 g/mol. The first-order chi connectivity index (χ1) is 12.0. The number of benzene rings is 2. The number of carbonyl (C=O) groups excluding carboxylic acids is 2. The third-order valence-electron chi connectivity index (χ3n) is 3.44. The highest BCUT2D eigenvalue weighted by Gasteiger charge is 2.09. The molecule has 0 radical (unpaired) electrons. The van der Waals surface area contributed by atoms with Gasteiger partial charge in [-0.1, -0.05) is 19.1 Å². The molecule has 0 saturated heterocycles. The van der Waals surface area contributed by atoms with Gasteiger partial charge in [-0.3, -0.25) is 9.59 Å². The van der Waals surface area contributed by atoms with Crippen molar-refractivity contribution in [3.63, 3.8) is 0 Å². The van der Waals surface area contributed by atoms with Crippen molar-refractivity contribution < 1.29 is 19.1 Å². The maximum absolute atomic E-state index is 12.1. The van der Waals surface area contributed by atoms with Gasteiger partial charge in [-0.25, -0.2) is 0 Å². The van der Waals surface area contributed by atoms with Gasteiger partial charge in [-0.2, -0.15) is 0 Å². The molecule has 2 rings (SSSR count). The number of anilines is 2. The predicted molar refractivity (Wildman–Crippen MR) is 97.2 cm³/mol. The molecule has 132 valence electrons. The van der Waals surface area contributed by atoms with Gasteiger partial charge in [-0.05, 0) is 36.8 Å². The number of hydrogen-bond donors (Lipinski definition) is 2. The maximum atomic E-state index is 12.1. The topological polar surface area (TPSA) is 76.7 Å². The standard InChI is InChI=1S/C19H22N2O4/c1-4-18(22)20-14-6-5-7-15(11-14)25-12-19(23)21-16-10-13(2)8-9-17(16)24-3/h5-11H,4,12H2,1-3H3,(H,20,22)(H,21,23). The molecule has 2 N–H and O–H groups in total. The van der Waals surface area contributed by atoms with Crippen molar-refractivity contribution in [2.24, 2.45) is 0 Å². The summed E-state index contributed by atoms with van der Waals surface area (Å²) in [5, 5.41) is 5.51. The van der Waals surface area contributed by atoms with Gasteiger partial charge in [0.1, 0.15) is 11.5 Å². The van der Waals surface area contributed by atoms with E-state index in [0.717, 1.165) is 5.56 Å². The molecule has 0 unspecified atom stereocenters. The predicted octanol–water partition coefficient (Wildman–Crippen LogP) is 3.37. The number of amides is 2. The second-order valence-corrected chi connectivity index (χ2v) is 5.47. The van der Waals surface area contributed by atoms with Crippen LogP contribution in [0.1, 0.15) is 18.9 Å². The van der Waals surface area contributed by atoms with Crippen LogP contribution in [0.3, 0.4) is 0 Å². The molecule has 0 aliphatic rings. The van der Waals surface area contributed by atoms with E-state index in [-0.39, 0.29) is 18.4 Å². The molecule has 2 aromatic carbocycles. The lowest BCUT2D eigenvalue weighted by molar-refractivity contribution is -0.118. The third kappa shape index (κ3) is 5.53. The Morgan fingerprint density at radius 3 is 2.56 bits per heavy atom. The number of nitrogens with one attached hydrogen (secondary N) is 2. The van der Waals surface area contributed by atoms with Crippen molar-refractivity contribution in [1.82, 2.24) is 0 Å². The highest BCUT2D eigenvalue weighted by Crippen LogP contribution is 2.25. The van der Waals surface area contributed by atoms with Gasteiger partial charge in [0, 0.05) is 18.2 Å². The van der Waals surface area contributed by atoms with Crippen molar-refractivity contribution in [2.45, 2.75) is 20.3 Å². The second kappa shape index (κ2) is 8.73. The maximum Gasteiger partial charge on any atom is 0.262 e. The molecule has 0 atom stereocenters. The zero-order valence-electron chi connectivity index (χ0n) is 14.6. The summed E-state index contributed by atoms with van der Waals surface area (Å²) < 4.78 is 10.7. The number of aryl methyl sites for hydroxylation is 1. The zero-order chi connectivity index (χ0) is 18.2. The molecule has 6 nitrogen and oxygen atoms in total. The van der Waals surface area contributed by atoms with Gasteiger partial charge < -0.3 is 20.1 Å². The first-order valence-corrected chi connectivity index (χ1v) is 7.99. The highest BCUT2D eigenvalue weighted by molar-refractivity contribution is 5.93. The largest absolute Gasteiger partial charge is 0.495 e. The average molecular weight is 342 g/mol. The summed E-state index contributed by atoms with van der Waals surface area (Å²) in [6, 6.07) is 12.4. The molecule has 0 aromatic heterocycles. The molecule has 0 aliphatic heterocycles. The van der Waals surface area contributed by atoms with Crippen molar-refractivity contribution in [1.29, 1.82) is 0 Å². The Hall–Kier alpha value is -3.02. The molecular formula is C19H22N2O4. The summed E-state index contributed by atoms with van der Waals surface area (Å²) in [7, 11) is 1.55. The molecule has 2 amide bonds. The molecule has 0 heterocycles. The van der Waals surface area contributed by atoms with Gasteiger partial charge in [0.05, 0.1) is 12.8 Å². The molecule has 2 aromatic rings. The molecular weight excluding hydrogens is 320 g/mol. The molecule has 0 fully saturated rings. The molecule has 25 heavy (non-hydrogen) atoms. The van der Waals surface area contributed by atoms with E-state index in [1.807, 2.05) is 19.1 Å². The molecule has 6 heteroatoms. The first-order valence-electron chi connectivity index (χ1n) is 7.99. The fourth-order valence-electron chi connectivity index (χ4n) is 2.17. The van der Waals surface area contributed by atoms with Gasteiger partial charge in [0.25, 0.3) is 5.91 Å². The van der Waals surface area contributed by atoms with Crippen LogP contribution >= 0.6 is 0 Å². The Labute approximate surface area is 147 Å². The normalized spacial score (nSPS) is 10.0. The number of ether oxygens (including phenoxy) is 2. The minimum atomic E-state index is -0.299. The summed E-state index contributed by atoms with van der Waals surface area (Å²) in [5.41, 5.74) is 2.24. The summed E-state index contributed by atoms with van der Waals surface area (Å²) >= 11 is 0. The lowest BCUT2D eigenvalue weighted by atomic mass is 10.2. The first kappa shape index (κ1) is 18.3. The third-order valence-corrected chi connectivity index (χ3v) is 3.44. The summed E-state index contributed by atoms with van der Waals surface area (Å²) in [6.07, 6.45) is 0.395. The Balaban J connectivity index is 1.95. The van der Waals surface area contributed by atoms with E-state index < -0.39 is 0 Å². The minimum Gasteiger partial charge on any atom is -0.495 e. The number of carbonyl (C=O) groups is 2. The number of methoxy groups -OCH3 is 1. The Kier molecular flexibility index (Phi) is 6.39. The molecule has 0 bridgehead atoms. The van der Waals surface area contributed by atoms with Crippen LogP contribution in [0.5, 0.6) is 11.5 Å². The van der Waals surface area contributed by atoms with Crippen LogP contribution < -0.4 is 20.1 Å². The zero-order valence-corrected chi connectivity index (χ0v) is 14.6. The van der Waals surface area contributed by atoms with Crippen molar-refractivity contribution in [3.05, 3.63) is 48.0 Å². The summed E-state index contributed by atoms with van der Waals surface area (Å²) in [4.78, 5) is 23.5. The fourth-order valence-corrected chi connectivity index (χ4v) is 2.17. The minimum absolute atomic E-state index is 0.0820. The van der Waals surface area contributed by atoms with Crippen LogP contribution in [-0.4, -0.2) is 25.5 Å². The van der Waals surface area contributed by atoms with E-state index in [4.69, 9.17) is 9.47 Å². The quantitative estimate of drug-likeness (QED) is 0.809. The SMILES string of the molecule is CCC(=O)Nc1cccc(OCC(=O)Nc2cc(C)ccc2OC)c1. The average Bonchev–Trinajstić information content (AvgIpc) is 2.60. The van der Waals surface area contributed by atoms with E-state index in [2.05, 4.69) is 10.6 Å². The van der Waals surface area contributed by atoms with Gasteiger partial charge in [0.15, 0.2) is 6.61 Å². The number of rotatable bonds is 7. The Morgan fingerprint density at radius 1 is 1.04 bits per heavy atom. The smallest absolute Gasteiger partial charge is 0.262 e. The molecule has 0 spiro atoms. The highest BCUT2D eigenvalue weighted by atomic mass is 16.5. The summed E-state index contributed by atoms with van der Waals surface area (Å²) in [6.45, 7) is 3.56. The van der Waals surface area contributed by atoms with E-state index >= 15 is 0 Å². The van der Waals surface area contributed by atoms with E-state index in [1.54, 1.807) is 44.4 Å². The van der Waals surface area contributed by atoms with Gasteiger partial charge in [-0.15, -0.1) is 0 Å². The lowest BCUT2D eigenvalue weighted by Crippen LogP contribution is -2.20. The van der Waals surface area contributed by atoms with E-state index in [9.17, 15) is 9.59 Å². The van der Waals surface area contributed by atoms with Gasteiger partial charge in [0.2, 0.25) is 5.91 Å². The molecule has 0 saturated carbocycles. The van der Waals surface area contributed by atoms with Gasteiger partial charge >= 0.3 is 0 Å². The lowest BCUT2D eigenvalue weighted by Gasteiger charge is -2.12. The van der Waals surface area contributed by atoms with E-state index in [1.165, 1.54) is 0 Å². The van der Waals surface area contributed by atoms with Crippen molar-refractivity contribution >= 4 is 23.2 Å². The summed E-state index contributed by atoms with van der Waals surface area (Å²) in [5.74, 6) is 0.705. The fraction of sp³-hybridized carbons (Fsp3) is 0.263. The van der Waals surface area contributed by atoms with Crippen LogP contribution in [0.25, 0.3) is 0 Å². The van der Waals surface area contributed by atoms with Crippen LogP contribution in [0.15, 0.2) is 42.5 Å². The second-order valence-electron chi connectivity index (χ2n) is 5.47. The van der Waals surface area contributed by atoms with Crippen molar-refractivity contribution in [2.75, 3.05) is 24.4 Å². The molecule has 0 aliphatic carbocycles. The number of hydrogen-bond acceptors (Lipinski definition) is 4. The van der Waals surface area contributed by atoms with Crippen LogP contribution in [0.4, 0.5) is 11.4 Å². The van der Waals surface area contributed by atoms with Crippen LogP contribution in [0.2, 0.25) is 0 Å². The van der Waals surface area contributed by atoms with E-state index in [0.29, 0.717) is 29.3 Å². The van der Waals surface area contributed by atoms with Crippen molar-refractivity contribution in [3.8, 4) is 11.5 Å². The van der Waals surface area contributed by atoms with Crippen LogP contribution in [0, 0.1) is 6.92 Å². The Bertz CT molecular complexity index is 759. The Morgan fingerprint density at radius 2 is 1.84 bits per heavy atom. The van der Waals surface area contributed by atoms with Crippen LogP contribution in [-0.2, 0) is 9.59 Å².